The number of aliphatic hydroxyl groups excluding tert-OH is 1. The number of aromatic nitrogens is 1. The van der Waals surface area contributed by atoms with Gasteiger partial charge in [0, 0.05) is 24.5 Å². The minimum atomic E-state index is -1.02. The lowest BCUT2D eigenvalue weighted by Gasteiger charge is -2.21. The highest BCUT2D eigenvalue weighted by Crippen LogP contribution is 2.18. The second-order valence-corrected chi connectivity index (χ2v) is 6.99. The van der Waals surface area contributed by atoms with Gasteiger partial charge in [0.05, 0.1) is 11.7 Å². The van der Waals surface area contributed by atoms with Gasteiger partial charge in [0.25, 0.3) is 5.91 Å². The number of nitrogens with one attached hydrogen (secondary N) is 2. The lowest BCUT2D eigenvalue weighted by atomic mass is 10.1. The highest BCUT2D eigenvalue weighted by molar-refractivity contribution is 5.98. The Morgan fingerprint density at radius 3 is 2.41 bits per heavy atom. The monoisotopic (exact) mass is 369 g/mol. The van der Waals surface area contributed by atoms with Crippen LogP contribution in [0.1, 0.15) is 37.6 Å². The van der Waals surface area contributed by atoms with Gasteiger partial charge in [0.15, 0.2) is 0 Å². The van der Waals surface area contributed by atoms with E-state index in [-0.39, 0.29) is 0 Å². The summed E-state index contributed by atoms with van der Waals surface area (Å²) >= 11 is 0. The maximum absolute atomic E-state index is 12.6. The Balaban J connectivity index is 2.08. The fourth-order valence-corrected chi connectivity index (χ4v) is 2.58. The summed E-state index contributed by atoms with van der Waals surface area (Å²) in [6.07, 6.45) is 2.93. The maximum atomic E-state index is 12.6. The first-order chi connectivity index (χ1) is 12.9. The number of pyridine rings is 1. The number of carbonyl (C=O) groups is 2. The largest absolute Gasteiger partial charge is 0.391 e. The van der Waals surface area contributed by atoms with Gasteiger partial charge in [-0.3, -0.25) is 14.6 Å². The summed E-state index contributed by atoms with van der Waals surface area (Å²) in [7, 11) is 0. The molecule has 1 aromatic carbocycles. The predicted octanol–water partition coefficient (Wildman–Crippen LogP) is 2.39. The van der Waals surface area contributed by atoms with Gasteiger partial charge < -0.3 is 15.7 Å². The Hall–Kier alpha value is -2.73. The van der Waals surface area contributed by atoms with Crippen molar-refractivity contribution in [2.75, 3.05) is 6.54 Å². The fourth-order valence-electron chi connectivity index (χ4n) is 2.58. The molecule has 0 bridgehead atoms. The average Bonchev–Trinajstić information content (AvgIpc) is 2.66. The molecule has 0 saturated heterocycles. The predicted molar refractivity (Wildman–Crippen MR) is 105 cm³/mol. The minimum absolute atomic E-state index is 0.331. The van der Waals surface area contributed by atoms with Crippen LogP contribution in [-0.2, 0) is 4.79 Å². The third-order valence-corrected chi connectivity index (χ3v) is 4.18. The quantitative estimate of drug-likeness (QED) is 0.666. The third-order valence-electron chi connectivity index (χ3n) is 4.18. The molecule has 3 N–H and O–H groups in total. The van der Waals surface area contributed by atoms with Crippen LogP contribution in [0.25, 0.3) is 11.1 Å². The number of rotatable bonds is 8. The van der Waals surface area contributed by atoms with Crippen LogP contribution in [0.15, 0.2) is 48.8 Å². The van der Waals surface area contributed by atoms with E-state index in [1.54, 1.807) is 12.3 Å². The average molecular weight is 369 g/mol. The van der Waals surface area contributed by atoms with Crippen molar-refractivity contribution in [2.24, 2.45) is 5.92 Å². The molecule has 0 spiro atoms. The summed E-state index contributed by atoms with van der Waals surface area (Å²) in [5, 5.41) is 15.3. The smallest absolute Gasteiger partial charge is 0.253 e. The number of hydrogen-bond acceptors (Lipinski definition) is 4. The van der Waals surface area contributed by atoms with Crippen molar-refractivity contribution in [2.45, 2.75) is 39.3 Å². The summed E-state index contributed by atoms with van der Waals surface area (Å²) in [4.78, 5) is 29.0. The van der Waals surface area contributed by atoms with E-state index in [2.05, 4.69) is 29.5 Å². The van der Waals surface area contributed by atoms with Gasteiger partial charge in [-0.15, -0.1) is 0 Å². The third kappa shape index (κ3) is 6.18. The number of carbonyl (C=O) groups excluding carboxylic acids is 2. The van der Waals surface area contributed by atoms with Crippen LogP contribution in [0, 0.1) is 5.92 Å². The number of nitrogens with zero attached hydrogens (tertiary/aromatic N) is 1. The molecule has 27 heavy (non-hydrogen) atoms. The standard InChI is InChI=1S/C21H27N3O3/c1-14(2)9-10-23-21(27)19(15(3)25)24-20(26)18-11-17(12-22-13-18)16-7-5-4-6-8-16/h4-8,11-15,19,25H,9-10H2,1-3H3,(H,23,27)(H,24,26)/t15-,19+/m1/s1. The molecule has 0 unspecified atom stereocenters. The van der Waals surface area contributed by atoms with Gasteiger partial charge in [-0.05, 0) is 30.9 Å². The zero-order valence-electron chi connectivity index (χ0n) is 16.0. The molecular weight excluding hydrogens is 342 g/mol. The van der Waals surface area contributed by atoms with E-state index in [4.69, 9.17) is 0 Å². The topological polar surface area (TPSA) is 91.3 Å². The molecule has 0 aliphatic carbocycles. The van der Waals surface area contributed by atoms with Crippen molar-refractivity contribution < 1.29 is 14.7 Å². The molecule has 0 saturated carbocycles. The Labute approximate surface area is 160 Å². The zero-order valence-corrected chi connectivity index (χ0v) is 16.0. The van der Waals surface area contributed by atoms with Gasteiger partial charge >= 0.3 is 0 Å². The molecule has 6 heteroatoms. The van der Waals surface area contributed by atoms with E-state index < -0.39 is 24.0 Å². The first-order valence-corrected chi connectivity index (χ1v) is 9.15. The van der Waals surface area contributed by atoms with Crippen LogP contribution in [0.4, 0.5) is 0 Å². The van der Waals surface area contributed by atoms with Crippen LogP contribution in [0.2, 0.25) is 0 Å². The highest BCUT2D eigenvalue weighted by atomic mass is 16.3. The summed E-state index contributed by atoms with van der Waals surface area (Å²) in [5.74, 6) is -0.395. The van der Waals surface area contributed by atoms with Crippen LogP contribution < -0.4 is 10.6 Å². The Morgan fingerprint density at radius 1 is 1.07 bits per heavy atom. The second kappa shape index (κ2) is 9.83. The molecule has 144 valence electrons. The summed E-state index contributed by atoms with van der Waals surface area (Å²) in [6.45, 7) is 6.10. The molecule has 2 amide bonds. The second-order valence-electron chi connectivity index (χ2n) is 6.99. The molecular formula is C21H27N3O3. The van der Waals surface area contributed by atoms with E-state index in [0.29, 0.717) is 18.0 Å². The normalized spacial score (nSPS) is 13.1. The first kappa shape index (κ1) is 20.6. The van der Waals surface area contributed by atoms with Crippen molar-refractivity contribution in [3.8, 4) is 11.1 Å². The summed E-state index contributed by atoms with van der Waals surface area (Å²) < 4.78 is 0. The van der Waals surface area contributed by atoms with E-state index in [1.165, 1.54) is 13.1 Å². The molecule has 6 nitrogen and oxygen atoms in total. The maximum Gasteiger partial charge on any atom is 0.253 e. The SMILES string of the molecule is CC(C)CCNC(=O)[C@@H](NC(=O)c1cncc(-c2ccccc2)c1)[C@@H](C)O. The van der Waals surface area contributed by atoms with Crippen LogP contribution in [0.3, 0.4) is 0 Å². The number of hydrogen-bond donors (Lipinski definition) is 3. The molecule has 0 aliphatic rings. The fraction of sp³-hybridized carbons (Fsp3) is 0.381. The molecule has 0 fully saturated rings. The molecule has 2 rings (SSSR count). The van der Waals surface area contributed by atoms with Crippen molar-refractivity contribution in [1.29, 1.82) is 0 Å². The number of benzene rings is 1. The molecule has 2 atom stereocenters. The van der Waals surface area contributed by atoms with Crippen LogP contribution in [0.5, 0.6) is 0 Å². The van der Waals surface area contributed by atoms with Crippen molar-refractivity contribution in [3.63, 3.8) is 0 Å². The van der Waals surface area contributed by atoms with Crippen molar-refractivity contribution in [1.82, 2.24) is 15.6 Å². The highest BCUT2D eigenvalue weighted by Gasteiger charge is 2.26. The van der Waals surface area contributed by atoms with Gasteiger partial charge in [-0.2, -0.15) is 0 Å². The minimum Gasteiger partial charge on any atom is -0.391 e. The molecule has 2 aromatic rings. The lowest BCUT2D eigenvalue weighted by molar-refractivity contribution is -0.125. The summed E-state index contributed by atoms with van der Waals surface area (Å²) in [5.41, 5.74) is 2.08. The van der Waals surface area contributed by atoms with E-state index in [0.717, 1.165) is 17.5 Å². The van der Waals surface area contributed by atoms with E-state index in [1.807, 2.05) is 30.3 Å². The van der Waals surface area contributed by atoms with Gasteiger partial charge in [-0.1, -0.05) is 44.2 Å². The lowest BCUT2D eigenvalue weighted by Crippen LogP contribution is -2.52. The van der Waals surface area contributed by atoms with E-state index in [9.17, 15) is 14.7 Å². The van der Waals surface area contributed by atoms with Crippen molar-refractivity contribution in [3.05, 3.63) is 54.4 Å². The molecule has 1 aromatic heterocycles. The Morgan fingerprint density at radius 2 is 1.78 bits per heavy atom. The zero-order chi connectivity index (χ0) is 19.8. The summed E-state index contributed by atoms with van der Waals surface area (Å²) in [6, 6.07) is 10.3. The molecule has 0 aliphatic heterocycles. The molecule has 1 heterocycles. The Bertz CT molecular complexity index is 760. The van der Waals surface area contributed by atoms with Crippen LogP contribution >= 0.6 is 0 Å². The van der Waals surface area contributed by atoms with Crippen LogP contribution in [-0.4, -0.2) is 40.6 Å². The van der Waals surface area contributed by atoms with E-state index >= 15 is 0 Å². The first-order valence-electron chi connectivity index (χ1n) is 9.15. The molecule has 0 radical (unpaired) electrons. The van der Waals surface area contributed by atoms with Crippen molar-refractivity contribution >= 4 is 11.8 Å². The Kier molecular flexibility index (Phi) is 7.49. The van der Waals surface area contributed by atoms with Gasteiger partial charge in [-0.25, -0.2) is 0 Å². The number of amides is 2. The van der Waals surface area contributed by atoms with Gasteiger partial charge in [0.2, 0.25) is 5.91 Å². The van der Waals surface area contributed by atoms with Gasteiger partial charge in [0.1, 0.15) is 6.04 Å². The number of aliphatic hydroxyl groups is 1.